The van der Waals surface area contributed by atoms with Crippen LogP contribution in [0.2, 0.25) is 5.02 Å². The number of aromatic nitrogens is 1. The third kappa shape index (κ3) is 3.46. The molecule has 1 aromatic heterocycles. The maximum atomic E-state index is 8.84. The molecule has 1 heterocycles. The van der Waals surface area contributed by atoms with E-state index in [1.807, 2.05) is 37.4 Å². The average molecular weight is 272 g/mol. The highest BCUT2D eigenvalue weighted by molar-refractivity contribution is 6.32. The average Bonchev–Trinajstić information content (AvgIpc) is 2.45. The number of rotatable bonds is 4. The van der Waals surface area contributed by atoms with E-state index >= 15 is 0 Å². The van der Waals surface area contributed by atoms with Crippen LogP contribution in [0.5, 0.6) is 0 Å². The predicted molar refractivity (Wildman–Crippen MR) is 77.4 cm³/mol. The van der Waals surface area contributed by atoms with E-state index in [9.17, 15) is 0 Å². The van der Waals surface area contributed by atoms with Crippen LogP contribution in [0.4, 0.5) is 5.69 Å². The number of likely N-dealkylation sites (N-methyl/N-ethyl adjacent to an activating group) is 1. The third-order valence-electron chi connectivity index (χ3n) is 2.94. The van der Waals surface area contributed by atoms with Gasteiger partial charge in [-0.1, -0.05) is 17.7 Å². The van der Waals surface area contributed by atoms with Gasteiger partial charge in [0, 0.05) is 37.6 Å². The zero-order valence-corrected chi connectivity index (χ0v) is 11.4. The molecule has 0 saturated heterocycles. The van der Waals surface area contributed by atoms with Crippen LogP contribution >= 0.6 is 11.6 Å². The van der Waals surface area contributed by atoms with Gasteiger partial charge in [0.2, 0.25) is 0 Å². The Hall–Kier alpha value is -2.05. The number of halogens is 1. The number of benzene rings is 1. The molecule has 0 N–H and O–H groups in total. The molecule has 0 aliphatic rings. The monoisotopic (exact) mass is 271 g/mol. The molecule has 1 aromatic carbocycles. The Morgan fingerprint density at radius 3 is 2.79 bits per heavy atom. The van der Waals surface area contributed by atoms with Crippen molar-refractivity contribution in [2.24, 2.45) is 0 Å². The van der Waals surface area contributed by atoms with Crippen molar-refractivity contribution in [3.8, 4) is 6.07 Å². The molecule has 0 unspecified atom stereocenters. The van der Waals surface area contributed by atoms with E-state index in [4.69, 9.17) is 16.9 Å². The van der Waals surface area contributed by atoms with Crippen LogP contribution in [0.1, 0.15) is 11.3 Å². The number of hydrogen-bond donors (Lipinski definition) is 0. The molecule has 0 radical (unpaired) electrons. The number of anilines is 1. The quantitative estimate of drug-likeness (QED) is 0.857. The van der Waals surface area contributed by atoms with Crippen molar-refractivity contribution < 1.29 is 0 Å². The van der Waals surface area contributed by atoms with Crippen molar-refractivity contribution in [2.45, 2.75) is 6.42 Å². The van der Waals surface area contributed by atoms with Crippen LogP contribution in [0.25, 0.3) is 0 Å². The summed E-state index contributed by atoms with van der Waals surface area (Å²) in [5.74, 6) is 0. The van der Waals surface area contributed by atoms with E-state index in [1.54, 1.807) is 12.3 Å². The van der Waals surface area contributed by atoms with Gasteiger partial charge in [-0.15, -0.1) is 0 Å². The molecule has 3 nitrogen and oxygen atoms in total. The highest BCUT2D eigenvalue weighted by Crippen LogP contribution is 2.22. The molecule has 96 valence electrons. The van der Waals surface area contributed by atoms with Gasteiger partial charge in [-0.05, 0) is 30.3 Å². The summed E-state index contributed by atoms with van der Waals surface area (Å²) in [5, 5.41) is 9.33. The summed E-state index contributed by atoms with van der Waals surface area (Å²) in [6.45, 7) is 0.846. The minimum atomic E-state index is 0.490. The Labute approximate surface area is 118 Å². The van der Waals surface area contributed by atoms with Crippen LogP contribution in [0.15, 0.2) is 42.6 Å². The molecule has 19 heavy (non-hydrogen) atoms. The summed E-state index contributed by atoms with van der Waals surface area (Å²) in [6.07, 6.45) is 2.67. The van der Waals surface area contributed by atoms with Crippen molar-refractivity contribution in [1.82, 2.24) is 4.98 Å². The number of pyridine rings is 1. The number of nitriles is 1. The van der Waals surface area contributed by atoms with Crippen molar-refractivity contribution >= 4 is 17.3 Å². The number of nitrogens with zero attached hydrogens (tertiary/aromatic N) is 3. The highest BCUT2D eigenvalue weighted by atomic mass is 35.5. The molecule has 0 atom stereocenters. The van der Waals surface area contributed by atoms with Gasteiger partial charge in [-0.25, -0.2) is 0 Å². The lowest BCUT2D eigenvalue weighted by molar-refractivity contribution is 0.852. The van der Waals surface area contributed by atoms with E-state index in [1.165, 1.54) is 0 Å². The Morgan fingerprint density at radius 2 is 2.16 bits per heavy atom. The van der Waals surface area contributed by atoms with Crippen molar-refractivity contribution in [3.63, 3.8) is 0 Å². The fourth-order valence-electron chi connectivity index (χ4n) is 1.79. The second-order valence-electron chi connectivity index (χ2n) is 4.27. The molecule has 2 rings (SSSR count). The smallest absolute Gasteiger partial charge is 0.101 e. The lowest BCUT2D eigenvalue weighted by Gasteiger charge is -2.19. The summed E-state index contributed by atoms with van der Waals surface area (Å²) in [4.78, 5) is 6.39. The summed E-state index contributed by atoms with van der Waals surface area (Å²) < 4.78 is 0. The number of hydrogen-bond acceptors (Lipinski definition) is 3. The first-order valence-electron chi connectivity index (χ1n) is 6.01. The Bertz CT molecular complexity index is 590. The third-order valence-corrected chi connectivity index (χ3v) is 3.26. The minimum Gasteiger partial charge on any atom is -0.374 e. The van der Waals surface area contributed by atoms with Gasteiger partial charge in [0.05, 0.1) is 10.6 Å². The SMILES string of the molecule is CN(CCc1ccccn1)c1ccc(C#N)c(Cl)c1. The van der Waals surface area contributed by atoms with Crippen molar-refractivity contribution in [2.75, 3.05) is 18.5 Å². The van der Waals surface area contributed by atoms with Gasteiger partial charge in [-0.3, -0.25) is 4.98 Å². The summed E-state index contributed by atoms with van der Waals surface area (Å²) >= 11 is 6.03. The molecular formula is C15H14ClN3. The topological polar surface area (TPSA) is 39.9 Å². The van der Waals surface area contributed by atoms with Gasteiger partial charge in [0.25, 0.3) is 0 Å². The fraction of sp³-hybridized carbons (Fsp3) is 0.200. The molecule has 4 heteroatoms. The Morgan fingerprint density at radius 1 is 1.32 bits per heavy atom. The lowest BCUT2D eigenvalue weighted by atomic mass is 10.2. The zero-order chi connectivity index (χ0) is 13.7. The van der Waals surface area contributed by atoms with Gasteiger partial charge in [0.15, 0.2) is 0 Å². The van der Waals surface area contributed by atoms with E-state index in [-0.39, 0.29) is 0 Å². The molecule has 0 spiro atoms. The fourth-order valence-corrected chi connectivity index (χ4v) is 2.01. The first-order chi connectivity index (χ1) is 9.20. The summed E-state index contributed by atoms with van der Waals surface area (Å²) in [7, 11) is 2.00. The first kappa shape index (κ1) is 13.4. The molecule has 0 bridgehead atoms. The van der Waals surface area contributed by atoms with E-state index in [0.717, 1.165) is 24.3 Å². The van der Waals surface area contributed by atoms with Gasteiger partial charge in [-0.2, -0.15) is 5.26 Å². The molecule has 0 aliphatic heterocycles. The van der Waals surface area contributed by atoms with E-state index < -0.39 is 0 Å². The molecule has 0 fully saturated rings. The van der Waals surface area contributed by atoms with Gasteiger partial charge in [0.1, 0.15) is 6.07 Å². The molecule has 0 amide bonds. The molecule has 0 aliphatic carbocycles. The standard InChI is InChI=1S/C15H14ClN3/c1-19(9-7-13-4-2-3-8-18-13)14-6-5-12(11-17)15(16)10-14/h2-6,8,10H,7,9H2,1H3. The first-order valence-corrected chi connectivity index (χ1v) is 6.39. The van der Waals surface area contributed by atoms with Gasteiger partial charge >= 0.3 is 0 Å². The second kappa shape index (κ2) is 6.21. The molecule has 0 saturated carbocycles. The second-order valence-corrected chi connectivity index (χ2v) is 4.68. The van der Waals surface area contributed by atoms with Crippen molar-refractivity contribution in [3.05, 3.63) is 58.9 Å². The normalized spacial score (nSPS) is 9.95. The Balaban J connectivity index is 2.02. The van der Waals surface area contributed by atoms with Crippen LogP contribution in [0.3, 0.4) is 0 Å². The lowest BCUT2D eigenvalue weighted by Crippen LogP contribution is -2.20. The van der Waals surface area contributed by atoms with E-state index in [2.05, 4.69) is 16.0 Å². The maximum absolute atomic E-state index is 8.84. The van der Waals surface area contributed by atoms with Crippen LogP contribution in [-0.2, 0) is 6.42 Å². The maximum Gasteiger partial charge on any atom is 0.101 e. The van der Waals surface area contributed by atoms with Crippen LogP contribution in [0, 0.1) is 11.3 Å². The Kier molecular flexibility index (Phi) is 4.38. The van der Waals surface area contributed by atoms with Gasteiger partial charge < -0.3 is 4.90 Å². The largest absolute Gasteiger partial charge is 0.374 e. The molecular weight excluding hydrogens is 258 g/mol. The predicted octanol–water partition coefficient (Wildman–Crippen LogP) is 3.29. The van der Waals surface area contributed by atoms with E-state index in [0.29, 0.717) is 10.6 Å². The highest BCUT2D eigenvalue weighted by Gasteiger charge is 2.05. The summed E-state index contributed by atoms with van der Waals surface area (Å²) in [5.41, 5.74) is 2.57. The minimum absolute atomic E-state index is 0.490. The summed E-state index contributed by atoms with van der Waals surface area (Å²) in [6, 6.07) is 13.4. The zero-order valence-electron chi connectivity index (χ0n) is 10.7. The molecule has 2 aromatic rings. The van der Waals surface area contributed by atoms with Crippen LogP contribution in [-0.4, -0.2) is 18.6 Å². The van der Waals surface area contributed by atoms with Crippen LogP contribution < -0.4 is 4.90 Å². The van der Waals surface area contributed by atoms with Crippen molar-refractivity contribution in [1.29, 1.82) is 5.26 Å².